The van der Waals surface area contributed by atoms with Crippen molar-refractivity contribution in [3.8, 4) is 5.69 Å². The fourth-order valence-electron chi connectivity index (χ4n) is 2.29. The molecule has 0 bridgehead atoms. The molecule has 0 amide bonds. The van der Waals surface area contributed by atoms with Gasteiger partial charge >= 0.3 is 0 Å². The Kier molecular flexibility index (Phi) is 4.97. The number of aryl methyl sites for hydroxylation is 2. The van der Waals surface area contributed by atoms with Gasteiger partial charge in [0.05, 0.1) is 0 Å². The molecule has 1 unspecified atom stereocenters. The first-order chi connectivity index (χ1) is 10.0. The molecule has 1 heterocycles. The largest absolute Gasteiger partial charge is 0.321 e. The second kappa shape index (κ2) is 6.72. The number of hydrogen-bond donors (Lipinski definition) is 1. The van der Waals surface area contributed by atoms with Crippen molar-refractivity contribution in [2.75, 3.05) is 0 Å². The zero-order valence-electron chi connectivity index (χ0n) is 13.3. The molecule has 1 atom stereocenters. The summed E-state index contributed by atoms with van der Waals surface area (Å²) < 4.78 is 2.09. The molecule has 0 saturated heterocycles. The zero-order chi connectivity index (χ0) is 15.4. The number of nitrogens with one attached hydrogen (secondary N) is 1. The third-order valence-corrected chi connectivity index (χ3v) is 3.85. The van der Waals surface area contributed by atoms with Gasteiger partial charge in [0.2, 0.25) is 0 Å². The van der Waals surface area contributed by atoms with Gasteiger partial charge in [0.25, 0.3) is 0 Å². The number of hydrogen-bond acceptors (Lipinski definition) is 2. The van der Waals surface area contributed by atoms with Gasteiger partial charge in [-0.1, -0.05) is 19.1 Å². The van der Waals surface area contributed by atoms with E-state index in [0.717, 1.165) is 23.4 Å². The van der Waals surface area contributed by atoms with E-state index in [2.05, 4.69) is 48.9 Å². The van der Waals surface area contributed by atoms with Crippen LogP contribution in [0, 0.1) is 13.8 Å². The predicted molar refractivity (Wildman–Crippen MR) is 88.1 cm³/mol. The minimum atomic E-state index is 0.104. The van der Waals surface area contributed by atoms with Crippen LogP contribution in [-0.4, -0.2) is 10.6 Å². The highest BCUT2D eigenvalue weighted by molar-refractivity contribution is 5.38. The summed E-state index contributed by atoms with van der Waals surface area (Å²) in [5, 5.41) is 3.39. The molecule has 112 valence electrons. The summed E-state index contributed by atoms with van der Waals surface area (Å²) in [6, 6.07) is 10.4. The molecule has 21 heavy (non-hydrogen) atoms. The summed E-state index contributed by atoms with van der Waals surface area (Å²) in [6.07, 6.45) is 3.01. The lowest BCUT2D eigenvalue weighted by molar-refractivity contribution is 0.532. The third-order valence-electron chi connectivity index (χ3n) is 3.85. The molecular weight excluding hydrogens is 260 g/mol. The number of aromatic nitrogens is 1. The van der Waals surface area contributed by atoms with Crippen LogP contribution in [0.4, 0.5) is 0 Å². The Labute approximate surface area is 126 Å². The summed E-state index contributed by atoms with van der Waals surface area (Å²) in [4.78, 5) is 12.1. The van der Waals surface area contributed by atoms with Crippen molar-refractivity contribution >= 4 is 0 Å². The minimum absolute atomic E-state index is 0.104. The van der Waals surface area contributed by atoms with Crippen LogP contribution in [0.15, 0.2) is 41.3 Å². The molecular formula is C18H24N2O. The van der Waals surface area contributed by atoms with Gasteiger partial charge in [0, 0.05) is 41.8 Å². The highest BCUT2D eigenvalue weighted by Crippen LogP contribution is 2.13. The normalized spacial score (nSPS) is 12.4. The highest BCUT2D eigenvalue weighted by atomic mass is 16.1. The molecule has 0 aliphatic heterocycles. The predicted octanol–water partition coefficient (Wildman–Crippen LogP) is 3.34. The molecule has 0 aliphatic rings. The van der Waals surface area contributed by atoms with E-state index in [1.807, 2.05) is 19.2 Å². The van der Waals surface area contributed by atoms with Gasteiger partial charge in [0.1, 0.15) is 0 Å². The average Bonchev–Trinajstić information content (AvgIpc) is 2.46. The SMILES string of the molecule is CCC(C)NCc1cn(-c2cccc(C)c2)c(C)cc1=O. The smallest absolute Gasteiger partial charge is 0.186 e. The number of nitrogens with zero attached hydrogens (tertiary/aromatic N) is 1. The summed E-state index contributed by atoms with van der Waals surface area (Å²) in [7, 11) is 0. The lowest BCUT2D eigenvalue weighted by Crippen LogP contribution is -2.28. The Morgan fingerprint density at radius 1 is 1.24 bits per heavy atom. The first kappa shape index (κ1) is 15.5. The molecule has 0 radical (unpaired) electrons. The van der Waals surface area contributed by atoms with E-state index in [-0.39, 0.29) is 5.43 Å². The first-order valence-electron chi connectivity index (χ1n) is 7.54. The Balaban J connectivity index is 2.36. The maximum Gasteiger partial charge on any atom is 0.186 e. The Bertz CT molecular complexity index is 673. The van der Waals surface area contributed by atoms with Crippen molar-refractivity contribution in [1.82, 2.24) is 9.88 Å². The van der Waals surface area contributed by atoms with Gasteiger partial charge in [-0.3, -0.25) is 4.79 Å². The van der Waals surface area contributed by atoms with E-state index in [4.69, 9.17) is 0 Å². The molecule has 1 N–H and O–H groups in total. The average molecular weight is 284 g/mol. The molecule has 1 aromatic heterocycles. The molecule has 3 heteroatoms. The van der Waals surface area contributed by atoms with Crippen molar-refractivity contribution in [3.05, 3.63) is 63.6 Å². The Morgan fingerprint density at radius 3 is 2.67 bits per heavy atom. The minimum Gasteiger partial charge on any atom is -0.321 e. The van der Waals surface area contributed by atoms with Crippen LogP contribution >= 0.6 is 0 Å². The fraction of sp³-hybridized carbons (Fsp3) is 0.389. The van der Waals surface area contributed by atoms with E-state index in [1.165, 1.54) is 5.56 Å². The summed E-state index contributed by atoms with van der Waals surface area (Å²) in [6.45, 7) is 8.92. The van der Waals surface area contributed by atoms with Crippen LogP contribution in [0.1, 0.15) is 37.1 Å². The van der Waals surface area contributed by atoms with Gasteiger partial charge in [-0.2, -0.15) is 0 Å². The molecule has 2 aromatic rings. The maximum absolute atomic E-state index is 12.1. The van der Waals surface area contributed by atoms with E-state index >= 15 is 0 Å². The molecule has 2 rings (SSSR count). The van der Waals surface area contributed by atoms with E-state index in [1.54, 1.807) is 6.07 Å². The van der Waals surface area contributed by atoms with Crippen LogP contribution < -0.4 is 10.7 Å². The Hall–Kier alpha value is -1.87. The Morgan fingerprint density at radius 2 is 2.00 bits per heavy atom. The summed E-state index contributed by atoms with van der Waals surface area (Å²) in [5.74, 6) is 0. The van der Waals surface area contributed by atoms with Gasteiger partial charge in [-0.05, 0) is 44.9 Å². The topological polar surface area (TPSA) is 34.0 Å². The van der Waals surface area contributed by atoms with Crippen LogP contribution in [0.3, 0.4) is 0 Å². The summed E-state index contributed by atoms with van der Waals surface area (Å²) >= 11 is 0. The highest BCUT2D eigenvalue weighted by Gasteiger charge is 2.07. The van der Waals surface area contributed by atoms with Gasteiger partial charge in [-0.25, -0.2) is 0 Å². The standard InChI is InChI=1S/C18H24N2O/c1-5-14(3)19-11-16-12-20(15(4)10-18(16)21)17-8-6-7-13(2)9-17/h6-10,12,14,19H,5,11H2,1-4H3. The molecule has 1 aromatic carbocycles. The van der Waals surface area contributed by atoms with Crippen molar-refractivity contribution in [2.24, 2.45) is 0 Å². The van der Waals surface area contributed by atoms with Crippen molar-refractivity contribution in [2.45, 2.75) is 46.7 Å². The van der Waals surface area contributed by atoms with Crippen LogP contribution in [0.2, 0.25) is 0 Å². The molecule has 3 nitrogen and oxygen atoms in total. The first-order valence-corrected chi connectivity index (χ1v) is 7.54. The molecule has 0 aliphatic carbocycles. The van der Waals surface area contributed by atoms with Gasteiger partial charge in [0.15, 0.2) is 5.43 Å². The lowest BCUT2D eigenvalue weighted by atomic mass is 10.1. The summed E-state index contributed by atoms with van der Waals surface area (Å²) in [5.41, 5.74) is 4.18. The fourth-order valence-corrected chi connectivity index (χ4v) is 2.29. The number of benzene rings is 1. The van der Waals surface area contributed by atoms with Crippen molar-refractivity contribution in [3.63, 3.8) is 0 Å². The van der Waals surface area contributed by atoms with Gasteiger partial charge < -0.3 is 9.88 Å². The molecule has 0 fully saturated rings. The molecule has 0 spiro atoms. The second-order valence-electron chi connectivity index (χ2n) is 5.70. The van der Waals surface area contributed by atoms with Crippen molar-refractivity contribution < 1.29 is 0 Å². The molecule has 0 saturated carbocycles. The van der Waals surface area contributed by atoms with Crippen LogP contribution in [-0.2, 0) is 6.54 Å². The van der Waals surface area contributed by atoms with Gasteiger partial charge in [-0.15, -0.1) is 0 Å². The van der Waals surface area contributed by atoms with E-state index < -0.39 is 0 Å². The van der Waals surface area contributed by atoms with E-state index in [0.29, 0.717) is 12.6 Å². The number of rotatable bonds is 5. The third kappa shape index (κ3) is 3.82. The monoisotopic (exact) mass is 284 g/mol. The lowest BCUT2D eigenvalue weighted by Gasteiger charge is -2.15. The quantitative estimate of drug-likeness (QED) is 0.913. The van der Waals surface area contributed by atoms with Crippen molar-refractivity contribution in [1.29, 1.82) is 0 Å². The zero-order valence-corrected chi connectivity index (χ0v) is 13.3. The maximum atomic E-state index is 12.1. The van der Waals surface area contributed by atoms with Crippen LogP contribution in [0.5, 0.6) is 0 Å². The second-order valence-corrected chi connectivity index (χ2v) is 5.70. The van der Waals surface area contributed by atoms with Crippen LogP contribution in [0.25, 0.3) is 5.69 Å². The van der Waals surface area contributed by atoms with E-state index in [9.17, 15) is 4.79 Å². The number of pyridine rings is 1.